The molecule has 3 aromatic rings. The highest BCUT2D eigenvalue weighted by Crippen LogP contribution is 2.27. The Balaban J connectivity index is 1.71. The molecule has 0 bridgehead atoms. The number of rotatable bonds is 3. The summed E-state index contributed by atoms with van der Waals surface area (Å²) in [6, 6.07) is 14.9. The van der Waals surface area contributed by atoms with Crippen LogP contribution in [0.3, 0.4) is 0 Å². The molecule has 1 aromatic heterocycles. The van der Waals surface area contributed by atoms with Crippen molar-refractivity contribution in [3.05, 3.63) is 76.9 Å². The Hall–Kier alpha value is -3.46. The fourth-order valence-electron chi connectivity index (χ4n) is 3.43. The molecule has 0 radical (unpaired) electrons. The zero-order valence-electron chi connectivity index (χ0n) is 14.6. The Morgan fingerprint density at radius 2 is 1.93 bits per heavy atom. The number of amides is 1. The summed E-state index contributed by atoms with van der Waals surface area (Å²) in [6.45, 7) is 0. The molecule has 0 fully saturated rings. The Labute approximate surface area is 156 Å². The van der Waals surface area contributed by atoms with Crippen molar-refractivity contribution in [2.75, 3.05) is 5.32 Å². The van der Waals surface area contributed by atoms with Gasteiger partial charge < -0.3 is 5.32 Å². The Morgan fingerprint density at radius 3 is 2.70 bits per heavy atom. The van der Waals surface area contributed by atoms with Gasteiger partial charge in [-0.3, -0.25) is 4.79 Å². The normalized spacial score (nSPS) is 12.9. The number of nitrogens with one attached hydrogen (secondary N) is 1. The first-order chi connectivity index (χ1) is 13.2. The van der Waals surface area contributed by atoms with Crippen LogP contribution in [0, 0.1) is 17.1 Å². The van der Waals surface area contributed by atoms with Crippen LogP contribution in [0.5, 0.6) is 0 Å². The first-order valence-electron chi connectivity index (χ1n) is 8.84. The minimum Gasteiger partial charge on any atom is -0.321 e. The highest BCUT2D eigenvalue weighted by atomic mass is 19.1. The van der Waals surface area contributed by atoms with Crippen LogP contribution >= 0.6 is 0 Å². The van der Waals surface area contributed by atoms with E-state index in [-0.39, 0.29) is 11.7 Å². The van der Waals surface area contributed by atoms with Crippen LogP contribution in [0.1, 0.15) is 40.2 Å². The second-order valence-corrected chi connectivity index (χ2v) is 6.52. The topological polar surface area (TPSA) is 70.7 Å². The zero-order chi connectivity index (χ0) is 18.8. The van der Waals surface area contributed by atoms with Crippen LogP contribution in [-0.4, -0.2) is 15.7 Å². The van der Waals surface area contributed by atoms with Gasteiger partial charge in [0, 0.05) is 16.9 Å². The predicted octanol–water partition coefficient (Wildman–Crippen LogP) is 4.01. The summed E-state index contributed by atoms with van der Waals surface area (Å²) in [5.41, 5.74) is 4.10. The van der Waals surface area contributed by atoms with Crippen LogP contribution < -0.4 is 5.32 Å². The summed E-state index contributed by atoms with van der Waals surface area (Å²) < 4.78 is 15.0. The molecule has 134 valence electrons. The van der Waals surface area contributed by atoms with E-state index in [0.717, 1.165) is 42.6 Å². The number of hydrogen-bond acceptors (Lipinski definition) is 3. The third-order valence-electron chi connectivity index (χ3n) is 4.72. The number of aromatic nitrogens is 2. The average molecular weight is 360 g/mol. The summed E-state index contributed by atoms with van der Waals surface area (Å²) in [5.74, 6) is -0.612. The van der Waals surface area contributed by atoms with Gasteiger partial charge in [-0.15, -0.1) is 0 Å². The van der Waals surface area contributed by atoms with Crippen LogP contribution in [0.15, 0.2) is 48.5 Å². The zero-order valence-corrected chi connectivity index (χ0v) is 14.6. The van der Waals surface area contributed by atoms with Crippen molar-refractivity contribution in [1.29, 1.82) is 5.26 Å². The maximum Gasteiger partial charge on any atom is 0.276 e. The van der Waals surface area contributed by atoms with E-state index in [1.165, 1.54) is 12.1 Å². The molecule has 2 aromatic carbocycles. The molecular formula is C21H17FN4O. The number of hydrogen-bond donors (Lipinski definition) is 1. The van der Waals surface area contributed by atoms with Gasteiger partial charge in [-0.2, -0.15) is 10.4 Å². The first-order valence-corrected chi connectivity index (χ1v) is 8.84. The second-order valence-electron chi connectivity index (χ2n) is 6.52. The first kappa shape index (κ1) is 17.0. The van der Waals surface area contributed by atoms with Gasteiger partial charge in [-0.05, 0) is 68.1 Å². The molecule has 1 aliphatic carbocycles. The van der Waals surface area contributed by atoms with Gasteiger partial charge >= 0.3 is 0 Å². The molecule has 0 aliphatic heterocycles. The standard InChI is InChI=1S/C21H17FN4O/c22-15-8-10-17(11-9-15)26-19-7-2-1-6-18(19)20(25-26)21(27)24-16-5-3-4-14(12-16)13-23/h3-5,8-12H,1-2,6-7H2,(H,24,27). The van der Waals surface area contributed by atoms with Crippen molar-refractivity contribution < 1.29 is 9.18 Å². The van der Waals surface area contributed by atoms with Crippen LogP contribution in [-0.2, 0) is 12.8 Å². The van der Waals surface area contributed by atoms with E-state index in [9.17, 15) is 9.18 Å². The van der Waals surface area contributed by atoms with Gasteiger partial charge in [-0.25, -0.2) is 9.07 Å². The number of nitrogens with zero attached hydrogens (tertiary/aromatic N) is 3. The molecule has 0 saturated carbocycles. The number of halogens is 1. The van der Waals surface area contributed by atoms with Crippen molar-refractivity contribution in [1.82, 2.24) is 9.78 Å². The van der Waals surface area contributed by atoms with Crippen molar-refractivity contribution in [2.45, 2.75) is 25.7 Å². The molecule has 1 aliphatic rings. The molecular weight excluding hydrogens is 343 g/mol. The molecule has 1 amide bonds. The maximum absolute atomic E-state index is 13.3. The highest BCUT2D eigenvalue weighted by Gasteiger charge is 2.25. The summed E-state index contributed by atoms with van der Waals surface area (Å²) >= 11 is 0. The number of carbonyl (C=O) groups excluding carboxylic acids is 1. The molecule has 4 rings (SSSR count). The van der Waals surface area contributed by atoms with Gasteiger partial charge in [0.25, 0.3) is 5.91 Å². The predicted molar refractivity (Wildman–Crippen MR) is 99.3 cm³/mol. The van der Waals surface area contributed by atoms with Gasteiger partial charge in [0.15, 0.2) is 5.69 Å². The third-order valence-corrected chi connectivity index (χ3v) is 4.72. The van der Waals surface area contributed by atoms with Crippen LogP contribution in [0.4, 0.5) is 10.1 Å². The SMILES string of the molecule is N#Cc1cccc(NC(=O)c2nn(-c3ccc(F)cc3)c3c2CCCC3)c1. The molecule has 0 saturated heterocycles. The number of anilines is 1. The highest BCUT2D eigenvalue weighted by molar-refractivity contribution is 6.04. The molecule has 0 unspecified atom stereocenters. The molecule has 1 heterocycles. The Kier molecular flexibility index (Phi) is 4.43. The average Bonchev–Trinajstić information content (AvgIpc) is 3.09. The molecule has 1 N–H and O–H groups in total. The van der Waals surface area contributed by atoms with E-state index in [2.05, 4.69) is 16.5 Å². The number of nitriles is 1. The van der Waals surface area contributed by atoms with E-state index >= 15 is 0 Å². The molecule has 6 heteroatoms. The Morgan fingerprint density at radius 1 is 1.15 bits per heavy atom. The lowest BCUT2D eigenvalue weighted by Gasteiger charge is -2.14. The lowest BCUT2D eigenvalue weighted by Crippen LogP contribution is -2.15. The van der Waals surface area contributed by atoms with Gasteiger partial charge in [0.05, 0.1) is 17.3 Å². The second kappa shape index (κ2) is 7.04. The lowest BCUT2D eigenvalue weighted by molar-refractivity contribution is 0.102. The van der Waals surface area contributed by atoms with Gasteiger partial charge in [-0.1, -0.05) is 6.07 Å². The van der Waals surface area contributed by atoms with E-state index < -0.39 is 0 Å². The van der Waals surface area contributed by atoms with Crippen LogP contribution in [0.25, 0.3) is 5.69 Å². The minimum atomic E-state index is -0.310. The number of benzene rings is 2. The monoisotopic (exact) mass is 360 g/mol. The fourth-order valence-corrected chi connectivity index (χ4v) is 3.43. The smallest absolute Gasteiger partial charge is 0.276 e. The maximum atomic E-state index is 13.3. The summed E-state index contributed by atoms with van der Waals surface area (Å²) in [4.78, 5) is 12.9. The van der Waals surface area contributed by atoms with E-state index in [0.29, 0.717) is 16.9 Å². The summed E-state index contributed by atoms with van der Waals surface area (Å²) in [7, 11) is 0. The fraction of sp³-hybridized carbons (Fsp3) is 0.190. The quantitative estimate of drug-likeness (QED) is 0.767. The van der Waals surface area contributed by atoms with Crippen molar-refractivity contribution in [3.8, 4) is 11.8 Å². The third kappa shape index (κ3) is 3.32. The van der Waals surface area contributed by atoms with Crippen LogP contribution in [0.2, 0.25) is 0 Å². The van der Waals surface area contributed by atoms with E-state index in [4.69, 9.17) is 5.26 Å². The molecule has 27 heavy (non-hydrogen) atoms. The van der Waals surface area contributed by atoms with E-state index in [1.807, 2.05) is 0 Å². The van der Waals surface area contributed by atoms with E-state index in [1.54, 1.807) is 41.1 Å². The molecule has 0 spiro atoms. The van der Waals surface area contributed by atoms with Crippen molar-refractivity contribution >= 4 is 11.6 Å². The molecule has 0 atom stereocenters. The van der Waals surface area contributed by atoms with Gasteiger partial charge in [0.2, 0.25) is 0 Å². The molecule has 5 nitrogen and oxygen atoms in total. The number of carbonyl (C=O) groups is 1. The minimum absolute atomic E-state index is 0.302. The van der Waals surface area contributed by atoms with Crippen molar-refractivity contribution in [3.63, 3.8) is 0 Å². The Bertz CT molecular complexity index is 1050. The van der Waals surface area contributed by atoms with Crippen molar-refractivity contribution in [2.24, 2.45) is 0 Å². The largest absolute Gasteiger partial charge is 0.321 e. The lowest BCUT2D eigenvalue weighted by atomic mass is 9.95. The van der Waals surface area contributed by atoms with Gasteiger partial charge in [0.1, 0.15) is 5.82 Å². The number of fused-ring (bicyclic) bond motifs is 1. The summed E-state index contributed by atoms with van der Waals surface area (Å²) in [5, 5.41) is 16.4. The summed E-state index contributed by atoms with van der Waals surface area (Å²) in [6.07, 6.45) is 3.66.